The molecule has 0 aliphatic carbocycles. The average molecular weight is 348 g/mol. The maximum atomic E-state index is 6.25. The van der Waals surface area contributed by atoms with Crippen LogP contribution in [0.5, 0.6) is 0 Å². The molecule has 0 spiro atoms. The number of nitrogens with zero attached hydrogens (tertiary/aromatic N) is 4. The number of anilines is 1. The maximum absolute atomic E-state index is 6.25. The van der Waals surface area contributed by atoms with Gasteiger partial charge >= 0.3 is 0 Å². The highest BCUT2D eigenvalue weighted by Gasteiger charge is 2.14. The number of ether oxygens (including phenoxy) is 1. The van der Waals surface area contributed by atoms with E-state index in [2.05, 4.69) is 48.9 Å². The number of hydrogen-bond donors (Lipinski definition) is 2. The molecule has 7 nitrogen and oxygen atoms in total. The minimum Gasteiger partial charge on any atom is -0.382 e. The topological polar surface area (TPSA) is 84.5 Å². The Morgan fingerprint density at radius 3 is 2.81 bits per heavy atom. The van der Waals surface area contributed by atoms with Crippen molar-refractivity contribution in [3.63, 3.8) is 0 Å². The highest BCUT2D eigenvalue weighted by Crippen LogP contribution is 2.26. The fraction of sp³-hybridized carbons (Fsp3) is 0.263. The van der Waals surface area contributed by atoms with Crippen molar-refractivity contribution < 1.29 is 4.74 Å². The van der Waals surface area contributed by atoms with Gasteiger partial charge in [-0.2, -0.15) is 5.10 Å². The molecule has 1 saturated heterocycles. The quantitative estimate of drug-likeness (QED) is 0.593. The molecule has 0 amide bonds. The van der Waals surface area contributed by atoms with Gasteiger partial charge in [0.25, 0.3) is 0 Å². The average Bonchev–Trinajstić information content (AvgIpc) is 3.32. The van der Waals surface area contributed by atoms with Gasteiger partial charge in [0.05, 0.1) is 35.5 Å². The lowest BCUT2D eigenvalue weighted by molar-refractivity contribution is 0.0342. The molecule has 1 aliphatic heterocycles. The van der Waals surface area contributed by atoms with Gasteiger partial charge in [-0.3, -0.25) is 10.00 Å². The molecule has 4 aromatic rings. The molecule has 0 bridgehead atoms. The number of hydrogen-bond acceptors (Lipinski definition) is 5. The number of aromatic amines is 1. The number of H-pyrrole nitrogens is 1. The SMILES string of the molecule is Nc1nc2cc(-c3ccn[nH]3)ccc2n2cc(CN3CCOCC3)cc12. The van der Waals surface area contributed by atoms with Crippen molar-refractivity contribution >= 4 is 22.4 Å². The monoisotopic (exact) mass is 348 g/mol. The Bertz CT molecular complexity index is 1060. The smallest absolute Gasteiger partial charge is 0.148 e. The van der Waals surface area contributed by atoms with Crippen LogP contribution in [-0.2, 0) is 11.3 Å². The molecule has 1 aromatic carbocycles. The fourth-order valence-electron chi connectivity index (χ4n) is 3.61. The van der Waals surface area contributed by atoms with Crippen LogP contribution in [0.15, 0.2) is 42.7 Å². The van der Waals surface area contributed by atoms with Crippen LogP contribution >= 0.6 is 0 Å². The van der Waals surface area contributed by atoms with Gasteiger partial charge in [-0.25, -0.2) is 4.98 Å². The number of nitrogen functional groups attached to an aromatic ring is 1. The van der Waals surface area contributed by atoms with Crippen LogP contribution in [0.3, 0.4) is 0 Å². The van der Waals surface area contributed by atoms with Gasteiger partial charge in [0.15, 0.2) is 0 Å². The third kappa shape index (κ3) is 2.61. The molecular weight excluding hydrogens is 328 g/mol. The Hall–Kier alpha value is -2.90. The van der Waals surface area contributed by atoms with Crippen molar-refractivity contribution in [1.82, 2.24) is 24.5 Å². The predicted molar refractivity (Wildman–Crippen MR) is 101 cm³/mol. The van der Waals surface area contributed by atoms with Crippen LogP contribution in [0.2, 0.25) is 0 Å². The summed E-state index contributed by atoms with van der Waals surface area (Å²) in [6.45, 7) is 4.44. The van der Waals surface area contributed by atoms with E-state index in [1.807, 2.05) is 12.1 Å². The van der Waals surface area contributed by atoms with E-state index in [1.165, 1.54) is 5.56 Å². The molecule has 3 N–H and O–H groups in total. The third-order valence-electron chi connectivity index (χ3n) is 4.94. The van der Waals surface area contributed by atoms with Crippen molar-refractivity contribution in [2.75, 3.05) is 32.0 Å². The molecule has 0 saturated carbocycles. The zero-order chi connectivity index (χ0) is 17.5. The highest BCUT2D eigenvalue weighted by atomic mass is 16.5. The minimum absolute atomic E-state index is 0.549. The van der Waals surface area contributed by atoms with Gasteiger partial charge < -0.3 is 14.9 Å². The van der Waals surface area contributed by atoms with E-state index < -0.39 is 0 Å². The Kier molecular flexibility index (Phi) is 3.62. The molecule has 0 radical (unpaired) electrons. The van der Waals surface area contributed by atoms with Gasteiger partial charge in [-0.15, -0.1) is 0 Å². The van der Waals surface area contributed by atoms with E-state index in [9.17, 15) is 0 Å². The summed E-state index contributed by atoms with van der Waals surface area (Å²) in [5.41, 5.74) is 12.4. The van der Waals surface area contributed by atoms with E-state index >= 15 is 0 Å². The van der Waals surface area contributed by atoms with Crippen LogP contribution in [0, 0.1) is 0 Å². The molecule has 0 atom stereocenters. The highest BCUT2D eigenvalue weighted by molar-refractivity contribution is 5.87. The summed E-state index contributed by atoms with van der Waals surface area (Å²) >= 11 is 0. The van der Waals surface area contributed by atoms with Crippen LogP contribution < -0.4 is 5.73 Å². The number of morpholine rings is 1. The van der Waals surface area contributed by atoms with Gasteiger partial charge in [-0.1, -0.05) is 6.07 Å². The lowest BCUT2D eigenvalue weighted by Crippen LogP contribution is -2.35. The molecular formula is C19H20N6O. The first-order valence-electron chi connectivity index (χ1n) is 8.78. The van der Waals surface area contributed by atoms with E-state index in [-0.39, 0.29) is 0 Å². The Labute approximate surface area is 150 Å². The summed E-state index contributed by atoms with van der Waals surface area (Å²) in [5.74, 6) is 0.549. The first kappa shape index (κ1) is 15.4. The first-order valence-corrected chi connectivity index (χ1v) is 8.78. The van der Waals surface area contributed by atoms with Crippen molar-refractivity contribution in [2.24, 2.45) is 0 Å². The van der Waals surface area contributed by atoms with Crippen LogP contribution in [-0.4, -0.2) is 50.8 Å². The van der Waals surface area contributed by atoms with Gasteiger partial charge in [-0.05, 0) is 29.8 Å². The van der Waals surface area contributed by atoms with Crippen LogP contribution in [0.25, 0.3) is 27.8 Å². The number of benzene rings is 1. The largest absolute Gasteiger partial charge is 0.382 e. The second kappa shape index (κ2) is 6.12. The van der Waals surface area contributed by atoms with Crippen molar-refractivity contribution in [3.8, 4) is 11.3 Å². The summed E-state index contributed by atoms with van der Waals surface area (Å²) < 4.78 is 7.57. The first-order chi connectivity index (χ1) is 12.8. The molecule has 3 aromatic heterocycles. The van der Waals surface area contributed by atoms with Crippen molar-refractivity contribution in [1.29, 1.82) is 0 Å². The van der Waals surface area contributed by atoms with Crippen molar-refractivity contribution in [2.45, 2.75) is 6.54 Å². The molecule has 1 aliphatic rings. The van der Waals surface area contributed by atoms with Gasteiger partial charge in [0, 0.05) is 37.6 Å². The number of aromatic nitrogens is 4. The van der Waals surface area contributed by atoms with E-state index in [0.29, 0.717) is 5.82 Å². The van der Waals surface area contributed by atoms with E-state index in [1.54, 1.807) is 6.20 Å². The molecule has 132 valence electrons. The lowest BCUT2D eigenvalue weighted by Gasteiger charge is -2.25. The van der Waals surface area contributed by atoms with Gasteiger partial charge in [0.2, 0.25) is 0 Å². The second-order valence-corrected chi connectivity index (χ2v) is 6.66. The second-order valence-electron chi connectivity index (χ2n) is 6.66. The fourth-order valence-corrected chi connectivity index (χ4v) is 3.61. The summed E-state index contributed by atoms with van der Waals surface area (Å²) in [6.07, 6.45) is 3.91. The normalized spacial score (nSPS) is 15.8. The number of fused-ring (bicyclic) bond motifs is 3. The molecule has 5 rings (SSSR count). The summed E-state index contributed by atoms with van der Waals surface area (Å²) in [7, 11) is 0. The number of nitrogens with one attached hydrogen (secondary N) is 1. The van der Waals surface area contributed by atoms with E-state index in [0.717, 1.165) is 60.7 Å². The van der Waals surface area contributed by atoms with Gasteiger partial charge in [0.1, 0.15) is 5.82 Å². The molecule has 26 heavy (non-hydrogen) atoms. The predicted octanol–water partition coefficient (Wildman–Crippen LogP) is 2.29. The lowest BCUT2D eigenvalue weighted by atomic mass is 10.1. The maximum Gasteiger partial charge on any atom is 0.148 e. The summed E-state index contributed by atoms with van der Waals surface area (Å²) in [6, 6.07) is 10.3. The molecule has 7 heteroatoms. The van der Waals surface area contributed by atoms with Crippen LogP contribution in [0.4, 0.5) is 5.82 Å². The number of rotatable bonds is 3. The Morgan fingerprint density at radius 2 is 2.00 bits per heavy atom. The molecule has 1 fully saturated rings. The standard InChI is InChI=1S/C19H20N6O/c20-19-18-9-13(11-24-5-7-26-8-6-24)12-25(18)17-2-1-14(10-16(17)22-19)15-3-4-21-23-15/h1-4,9-10,12H,5-8,11H2,(H2,20,22)(H,21,23). The van der Waals surface area contributed by atoms with Crippen LogP contribution in [0.1, 0.15) is 5.56 Å². The number of nitrogens with two attached hydrogens (primary N) is 1. The zero-order valence-corrected chi connectivity index (χ0v) is 14.4. The summed E-state index contributed by atoms with van der Waals surface area (Å²) in [4.78, 5) is 7.03. The van der Waals surface area contributed by atoms with Crippen molar-refractivity contribution in [3.05, 3.63) is 48.3 Å². The molecule has 0 unspecified atom stereocenters. The van der Waals surface area contributed by atoms with E-state index in [4.69, 9.17) is 10.5 Å². The Balaban J connectivity index is 1.58. The molecule has 4 heterocycles. The summed E-state index contributed by atoms with van der Waals surface area (Å²) in [5, 5.41) is 7.00. The zero-order valence-electron chi connectivity index (χ0n) is 14.4. The minimum atomic E-state index is 0.549. The Morgan fingerprint density at radius 1 is 1.12 bits per heavy atom. The third-order valence-corrected chi connectivity index (χ3v) is 4.94.